The van der Waals surface area contributed by atoms with Crippen molar-refractivity contribution in [1.29, 1.82) is 0 Å². The van der Waals surface area contributed by atoms with E-state index in [0.717, 1.165) is 5.57 Å². The van der Waals surface area contributed by atoms with Gasteiger partial charge in [0.25, 0.3) is 0 Å². The van der Waals surface area contributed by atoms with Gasteiger partial charge in [-0.2, -0.15) is 0 Å². The summed E-state index contributed by atoms with van der Waals surface area (Å²) in [6.07, 6.45) is 2.50. The normalized spacial score (nSPS) is 11.6. The predicted molar refractivity (Wildman–Crippen MR) is 64.8 cm³/mol. The van der Waals surface area contributed by atoms with Gasteiger partial charge in [0.2, 0.25) is 0 Å². The van der Waals surface area contributed by atoms with E-state index in [1.807, 2.05) is 13.8 Å². The van der Waals surface area contributed by atoms with Crippen molar-refractivity contribution in [3.05, 3.63) is 45.5 Å². The third-order valence-corrected chi connectivity index (χ3v) is 3.04. The molecule has 0 aliphatic heterocycles. The molecule has 0 aliphatic carbocycles. The molecule has 0 saturated carbocycles. The maximum atomic E-state index is 12.0. The van der Waals surface area contributed by atoms with E-state index in [1.165, 1.54) is 0 Å². The van der Waals surface area contributed by atoms with E-state index in [2.05, 4.69) is 0 Å². The van der Waals surface area contributed by atoms with Crippen LogP contribution in [0.4, 0.5) is 0 Å². The van der Waals surface area contributed by atoms with Crippen LogP contribution in [-0.4, -0.2) is 5.78 Å². The van der Waals surface area contributed by atoms with Crippen LogP contribution >= 0.6 is 23.2 Å². The van der Waals surface area contributed by atoms with Gasteiger partial charge in [0, 0.05) is 5.56 Å². The first-order chi connectivity index (χ1) is 7.11. The van der Waals surface area contributed by atoms with Crippen LogP contribution in [0.15, 0.2) is 29.8 Å². The Morgan fingerprint density at radius 3 is 2.60 bits per heavy atom. The molecule has 0 spiro atoms. The third kappa shape index (κ3) is 2.61. The minimum absolute atomic E-state index is 0.0486. The molecule has 1 rings (SSSR count). The molecule has 1 aromatic carbocycles. The fraction of sp³-hybridized carbons (Fsp3) is 0.250. The highest BCUT2D eigenvalue weighted by molar-refractivity contribution is 6.44. The zero-order valence-electron chi connectivity index (χ0n) is 8.68. The largest absolute Gasteiger partial charge is 0.289 e. The SMILES string of the molecule is C/C=C(/CC)C(=O)c1cccc(Cl)c1Cl. The number of hydrogen-bond donors (Lipinski definition) is 0. The van der Waals surface area contributed by atoms with Crippen LogP contribution in [0.5, 0.6) is 0 Å². The van der Waals surface area contributed by atoms with E-state index in [4.69, 9.17) is 23.2 Å². The standard InChI is InChI=1S/C12H12Cl2O/c1-3-8(4-2)12(15)9-6-5-7-10(13)11(9)14/h3,5-7H,4H2,1-2H3/b8-3-. The van der Waals surface area contributed by atoms with Gasteiger partial charge in [-0.25, -0.2) is 0 Å². The molecule has 0 N–H and O–H groups in total. The van der Waals surface area contributed by atoms with Crippen molar-refractivity contribution in [2.24, 2.45) is 0 Å². The van der Waals surface area contributed by atoms with Crippen LogP contribution < -0.4 is 0 Å². The van der Waals surface area contributed by atoms with Crippen molar-refractivity contribution in [3.63, 3.8) is 0 Å². The number of benzene rings is 1. The molecule has 0 aliphatic rings. The lowest BCUT2D eigenvalue weighted by Crippen LogP contribution is -2.03. The summed E-state index contributed by atoms with van der Waals surface area (Å²) in [5.74, 6) is -0.0486. The van der Waals surface area contributed by atoms with Gasteiger partial charge in [0.15, 0.2) is 5.78 Å². The van der Waals surface area contributed by atoms with Gasteiger partial charge in [0.05, 0.1) is 10.0 Å². The second-order valence-corrected chi connectivity index (χ2v) is 3.88. The molecule has 0 heterocycles. The summed E-state index contributed by atoms with van der Waals surface area (Å²) in [5.41, 5.74) is 1.22. The molecule has 0 fully saturated rings. The molecule has 1 aromatic rings. The van der Waals surface area contributed by atoms with Crippen LogP contribution in [0, 0.1) is 0 Å². The van der Waals surface area contributed by atoms with E-state index in [9.17, 15) is 4.79 Å². The molecule has 0 unspecified atom stereocenters. The Balaban J connectivity index is 3.17. The van der Waals surface area contributed by atoms with E-state index in [-0.39, 0.29) is 5.78 Å². The summed E-state index contributed by atoms with van der Waals surface area (Å²) in [7, 11) is 0. The maximum absolute atomic E-state index is 12.0. The fourth-order valence-corrected chi connectivity index (χ4v) is 1.73. The van der Waals surface area contributed by atoms with Gasteiger partial charge in [-0.15, -0.1) is 0 Å². The molecule has 0 atom stereocenters. The Morgan fingerprint density at radius 1 is 1.40 bits per heavy atom. The first kappa shape index (κ1) is 12.3. The Morgan fingerprint density at radius 2 is 2.07 bits per heavy atom. The molecule has 1 nitrogen and oxygen atoms in total. The average Bonchev–Trinajstić information content (AvgIpc) is 2.23. The van der Waals surface area contributed by atoms with E-state index < -0.39 is 0 Å². The van der Waals surface area contributed by atoms with Crippen LogP contribution in [0.2, 0.25) is 10.0 Å². The molecule has 3 heteroatoms. The van der Waals surface area contributed by atoms with Crippen molar-refractivity contribution >= 4 is 29.0 Å². The first-order valence-electron chi connectivity index (χ1n) is 4.75. The maximum Gasteiger partial charge on any atom is 0.190 e. The average molecular weight is 243 g/mol. The van der Waals surface area contributed by atoms with Gasteiger partial charge in [-0.3, -0.25) is 4.79 Å². The summed E-state index contributed by atoms with van der Waals surface area (Å²) in [6.45, 7) is 3.78. The monoisotopic (exact) mass is 242 g/mol. The first-order valence-corrected chi connectivity index (χ1v) is 5.51. The number of hydrogen-bond acceptors (Lipinski definition) is 1. The summed E-state index contributed by atoms with van der Waals surface area (Å²) in [4.78, 5) is 12.0. The quantitative estimate of drug-likeness (QED) is 0.563. The summed E-state index contributed by atoms with van der Waals surface area (Å²) in [6, 6.07) is 5.09. The van der Waals surface area contributed by atoms with E-state index in [0.29, 0.717) is 22.0 Å². The fourth-order valence-electron chi connectivity index (χ4n) is 1.35. The number of ketones is 1. The minimum atomic E-state index is -0.0486. The summed E-state index contributed by atoms with van der Waals surface area (Å²) >= 11 is 11.8. The molecule has 15 heavy (non-hydrogen) atoms. The van der Waals surface area contributed by atoms with Crippen LogP contribution in [0.25, 0.3) is 0 Å². The number of halogens is 2. The van der Waals surface area contributed by atoms with Gasteiger partial charge in [-0.1, -0.05) is 42.3 Å². The van der Waals surface area contributed by atoms with Crippen molar-refractivity contribution in [3.8, 4) is 0 Å². The highest BCUT2D eigenvalue weighted by Gasteiger charge is 2.14. The van der Waals surface area contributed by atoms with Crippen LogP contribution in [-0.2, 0) is 0 Å². The highest BCUT2D eigenvalue weighted by Crippen LogP contribution is 2.27. The topological polar surface area (TPSA) is 17.1 Å². The van der Waals surface area contributed by atoms with E-state index in [1.54, 1.807) is 24.3 Å². The van der Waals surface area contributed by atoms with Crippen molar-refractivity contribution in [2.75, 3.05) is 0 Å². The molecule has 0 radical (unpaired) electrons. The Hall–Kier alpha value is -0.790. The van der Waals surface area contributed by atoms with Gasteiger partial charge >= 0.3 is 0 Å². The molecule has 80 valence electrons. The molecule has 0 amide bonds. The second kappa shape index (κ2) is 5.34. The predicted octanol–water partition coefficient (Wildman–Crippen LogP) is 4.53. The van der Waals surface area contributed by atoms with Gasteiger partial charge in [-0.05, 0) is 31.1 Å². The van der Waals surface area contributed by atoms with Gasteiger partial charge < -0.3 is 0 Å². The smallest absolute Gasteiger partial charge is 0.190 e. The summed E-state index contributed by atoms with van der Waals surface area (Å²) < 4.78 is 0. The van der Waals surface area contributed by atoms with Crippen molar-refractivity contribution < 1.29 is 4.79 Å². The molecular weight excluding hydrogens is 231 g/mol. The number of carbonyl (C=O) groups excluding carboxylic acids is 1. The summed E-state index contributed by atoms with van der Waals surface area (Å²) in [5, 5.41) is 0.742. The van der Waals surface area contributed by atoms with Gasteiger partial charge in [0.1, 0.15) is 0 Å². The van der Waals surface area contributed by atoms with E-state index >= 15 is 0 Å². The minimum Gasteiger partial charge on any atom is -0.289 e. The lowest BCUT2D eigenvalue weighted by atomic mass is 10.0. The number of rotatable bonds is 3. The van der Waals surface area contributed by atoms with Crippen LogP contribution in [0.3, 0.4) is 0 Å². The lowest BCUT2D eigenvalue weighted by Gasteiger charge is -2.06. The second-order valence-electron chi connectivity index (χ2n) is 3.10. The molecular formula is C12H12Cl2O. The highest BCUT2D eigenvalue weighted by atomic mass is 35.5. The number of allylic oxidation sites excluding steroid dienone is 2. The number of carbonyl (C=O) groups is 1. The van der Waals surface area contributed by atoms with Crippen LogP contribution in [0.1, 0.15) is 30.6 Å². The zero-order valence-corrected chi connectivity index (χ0v) is 10.2. The Bertz CT molecular complexity index is 408. The zero-order chi connectivity index (χ0) is 11.4. The van der Waals surface area contributed by atoms with Crippen molar-refractivity contribution in [1.82, 2.24) is 0 Å². The van der Waals surface area contributed by atoms with Crippen molar-refractivity contribution in [2.45, 2.75) is 20.3 Å². The number of Topliss-reactive ketones (excluding diaryl/α,β-unsaturated/α-hetero) is 1. The molecule has 0 bridgehead atoms. The molecule has 0 aromatic heterocycles. The Labute approximate surface area is 99.7 Å². The molecule has 0 saturated heterocycles. The Kier molecular flexibility index (Phi) is 4.37. The lowest BCUT2D eigenvalue weighted by molar-refractivity contribution is 0.103. The third-order valence-electron chi connectivity index (χ3n) is 2.22.